The number of phosphoric ester groups is 1. The van der Waals surface area contributed by atoms with Crippen molar-refractivity contribution in [3.8, 4) is 0 Å². The van der Waals surface area contributed by atoms with E-state index in [1.54, 1.807) is 0 Å². The number of fused-ring (bicyclic) bond motifs is 1. The molecule has 21 heteroatoms. The predicted molar refractivity (Wildman–Crippen MR) is 94.8 cm³/mol. The highest BCUT2D eigenvalue weighted by atomic mass is 31.3. The first-order valence-electron chi connectivity index (χ1n) is 7.91. The minimum absolute atomic E-state index is 0.0144. The van der Waals surface area contributed by atoms with Crippen LogP contribution in [0.3, 0.4) is 0 Å². The zero-order valence-corrected chi connectivity index (χ0v) is 17.6. The van der Waals surface area contributed by atoms with Gasteiger partial charge < -0.3 is 39.6 Å². The van der Waals surface area contributed by atoms with Gasteiger partial charge in [0.15, 0.2) is 11.2 Å². The van der Waals surface area contributed by atoms with Gasteiger partial charge in [-0.05, 0) is 0 Å². The maximum Gasteiger partial charge on any atom is 0.490 e. The number of anilines is 1. The number of nitrogen functional groups attached to an aromatic ring is 1. The summed E-state index contributed by atoms with van der Waals surface area (Å²) in [5.41, 5.74) is 4.35. The number of hydrogen-bond acceptors (Lipinski definition) is 13. The van der Waals surface area contributed by atoms with E-state index in [4.69, 9.17) is 25.2 Å². The van der Waals surface area contributed by atoms with Gasteiger partial charge in [0, 0.05) is 6.42 Å². The van der Waals surface area contributed by atoms with E-state index >= 15 is 0 Å². The molecule has 1 fully saturated rings. The van der Waals surface area contributed by atoms with Gasteiger partial charge in [0.1, 0.15) is 12.3 Å². The Balaban J connectivity index is 1.67. The zero-order valence-electron chi connectivity index (χ0n) is 14.9. The molecule has 3 heterocycles. The van der Waals surface area contributed by atoms with Crippen LogP contribution in [0, 0.1) is 0 Å². The molecule has 1 saturated heterocycles. The second kappa shape index (κ2) is 8.44. The normalized spacial score (nSPS) is 26.0. The quantitative estimate of drug-likeness (QED) is 0.232. The van der Waals surface area contributed by atoms with Gasteiger partial charge in [-0.2, -0.15) is 13.6 Å². The maximum absolute atomic E-state index is 11.8. The van der Waals surface area contributed by atoms with Crippen molar-refractivity contribution >= 4 is 40.6 Å². The topological polar surface area (TPSA) is 276 Å². The van der Waals surface area contributed by atoms with E-state index in [0.717, 1.165) is 6.33 Å². The number of nitrogens with zero attached hydrogens (tertiary/aromatic N) is 3. The first kappa shape index (κ1) is 24.1. The minimum Gasteiger partial charge on any atom is -0.390 e. The Hall–Kier alpha value is -1.52. The molecule has 0 aliphatic carbocycles. The van der Waals surface area contributed by atoms with Crippen LogP contribution in [0.2, 0.25) is 0 Å². The Morgan fingerprint density at radius 2 is 1.87 bits per heavy atom. The fourth-order valence-corrected chi connectivity index (χ4v) is 5.63. The van der Waals surface area contributed by atoms with Crippen molar-refractivity contribution in [2.24, 2.45) is 0 Å². The molecule has 1 aliphatic rings. The Kier molecular flexibility index (Phi) is 6.57. The summed E-state index contributed by atoms with van der Waals surface area (Å²) in [4.78, 5) is 54.9. The van der Waals surface area contributed by atoms with E-state index in [1.807, 2.05) is 0 Å². The highest BCUT2D eigenvalue weighted by Gasteiger charge is 2.43. The number of nitrogens with two attached hydrogens (primary N) is 1. The van der Waals surface area contributed by atoms with E-state index in [0.29, 0.717) is 0 Å². The van der Waals surface area contributed by atoms with Gasteiger partial charge in [0.05, 0.1) is 19.0 Å². The van der Waals surface area contributed by atoms with E-state index in [2.05, 4.69) is 27.5 Å². The number of imidazole rings is 1. The molecule has 174 valence electrons. The number of ether oxygens (including phenoxy) is 1. The summed E-state index contributed by atoms with van der Waals surface area (Å²) in [5, 5.41) is 10.1. The zero-order chi connectivity index (χ0) is 23.2. The Morgan fingerprint density at radius 3 is 2.52 bits per heavy atom. The van der Waals surface area contributed by atoms with Crippen LogP contribution in [0.5, 0.6) is 0 Å². The molecule has 2 aromatic heterocycles. The van der Waals surface area contributed by atoms with Gasteiger partial charge in [-0.3, -0.25) is 9.09 Å². The molecule has 3 unspecified atom stereocenters. The van der Waals surface area contributed by atoms with Crippen molar-refractivity contribution in [3.05, 3.63) is 16.7 Å². The van der Waals surface area contributed by atoms with Gasteiger partial charge in [0.25, 0.3) is 6.01 Å². The summed E-state index contributed by atoms with van der Waals surface area (Å²) in [6.45, 7) is -0.855. The molecule has 18 nitrogen and oxygen atoms in total. The van der Waals surface area contributed by atoms with Crippen molar-refractivity contribution in [2.75, 3.05) is 12.3 Å². The first-order chi connectivity index (χ1) is 14.2. The lowest BCUT2D eigenvalue weighted by Gasteiger charge is -2.19. The molecule has 2 aromatic rings. The van der Waals surface area contributed by atoms with Gasteiger partial charge >= 0.3 is 29.1 Å². The molecule has 5 atom stereocenters. The lowest BCUT2D eigenvalue weighted by Crippen LogP contribution is -2.26. The van der Waals surface area contributed by atoms with Gasteiger partial charge in [0.2, 0.25) is 0 Å². The molecule has 0 bridgehead atoms. The highest BCUT2D eigenvalue weighted by molar-refractivity contribution is 7.66. The van der Waals surface area contributed by atoms with Gasteiger partial charge in [-0.25, -0.2) is 23.5 Å². The van der Waals surface area contributed by atoms with E-state index in [9.17, 15) is 28.5 Å². The lowest BCUT2D eigenvalue weighted by atomic mass is 10.2. The van der Waals surface area contributed by atoms with Crippen LogP contribution in [0.4, 0.5) is 6.01 Å². The Bertz CT molecular complexity index is 1170. The molecule has 0 saturated carbocycles. The third-order valence-corrected chi connectivity index (χ3v) is 7.51. The van der Waals surface area contributed by atoms with Crippen molar-refractivity contribution in [1.29, 1.82) is 0 Å². The van der Waals surface area contributed by atoms with Crippen LogP contribution in [-0.4, -0.2) is 58.0 Å². The summed E-state index contributed by atoms with van der Waals surface area (Å²) in [6, 6.07) is -0.443. The molecule has 3 rings (SSSR count). The third kappa shape index (κ3) is 6.04. The Morgan fingerprint density at radius 1 is 1.19 bits per heavy atom. The summed E-state index contributed by atoms with van der Waals surface area (Å²) >= 11 is 0. The molecule has 0 aromatic carbocycles. The standard InChI is InChI=1S/C10H15N4O14P3/c11-10-13-8-7(9(16)26-10)12-3-14(8)6-1-4(15)5(25-6)2-24-30(20,21)28-31(22,23)27-29(17,18)19/h3-6,15H,1-2H2,(H2,11,13)(H,20,21)(H,22,23)(H2,17,18,19)/t4?,5-,6-/m0/s1. The van der Waals surface area contributed by atoms with Crippen LogP contribution in [0.25, 0.3) is 11.2 Å². The largest absolute Gasteiger partial charge is 0.490 e. The molecule has 0 spiro atoms. The van der Waals surface area contributed by atoms with Crippen molar-refractivity contribution in [2.45, 2.75) is 24.9 Å². The smallest absolute Gasteiger partial charge is 0.390 e. The number of aliphatic hydroxyl groups excluding tert-OH is 1. The Labute approximate surface area is 170 Å². The molecule has 0 amide bonds. The third-order valence-electron chi connectivity index (χ3n) is 3.71. The second-order valence-corrected chi connectivity index (χ2v) is 10.4. The lowest BCUT2D eigenvalue weighted by molar-refractivity contribution is -0.0423. The average Bonchev–Trinajstić information content (AvgIpc) is 3.13. The molecule has 7 N–H and O–H groups in total. The number of aliphatic hydroxyl groups is 1. The summed E-state index contributed by atoms with van der Waals surface area (Å²) in [5.74, 6) is 0. The van der Waals surface area contributed by atoms with Crippen LogP contribution in [0.15, 0.2) is 15.5 Å². The van der Waals surface area contributed by atoms with Crippen LogP contribution in [0.1, 0.15) is 12.6 Å². The molecular weight excluding hydrogens is 493 g/mol. The number of hydrogen-bond donors (Lipinski definition) is 6. The van der Waals surface area contributed by atoms with Crippen LogP contribution in [-0.2, 0) is 31.6 Å². The van der Waals surface area contributed by atoms with Crippen LogP contribution >= 0.6 is 23.5 Å². The predicted octanol–water partition coefficient (Wildman–Crippen LogP) is -1.04. The summed E-state index contributed by atoms with van der Waals surface area (Å²) in [7, 11) is -16.6. The van der Waals surface area contributed by atoms with Gasteiger partial charge in [-0.15, -0.1) is 0 Å². The highest BCUT2D eigenvalue weighted by Crippen LogP contribution is 2.66. The number of phosphoric acid groups is 3. The SMILES string of the molecule is Nc1nc2c(ncn2[C@@H]2CC(O)[C@H](COP(=O)(O)OP(=O)(O)OP(=O)(O)O)O2)c(=O)o1. The summed E-state index contributed by atoms with van der Waals surface area (Å²) < 4.78 is 56.6. The fraction of sp³-hybridized carbons (Fsp3) is 0.500. The van der Waals surface area contributed by atoms with E-state index in [-0.39, 0.29) is 17.6 Å². The second-order valence-electron chi connectivity index (χ2n) is 5.98. The number of aromatic nitrogens is 3. The van der Waals surface area contributed by atoms with Gasteiger partial charge in [-0.1, -0.05) is 0 Å². The monoisotopic (exact) mass is 508 g/mol. The van der Waals surface area contributed by atoms with Crippen molar-refractivity contribution < 1.29 is 60.7 Å². The van der Waals surface area contributed by atoms with Crippen molar-refractivity contribution in [1.82, 2.24) is 14.5 Å². The van der Waals surface area contributed by atoms with Crippen molar-refractivity contribution in [3.63, 3.8) is 0 Å². The molecule has 31 heavy (non-hydrogen) atoms. The van der Waals surface area contributed by atoms with Crippen LogP contribution < -0.4 is 11.4 Å². The summed E-state index contributed by atoms with van der Waals surface area (Å²) in [6.07, 6.45) is -2.48. The van der Waals surface area contributed by atoms with E-state index < -0.39 is 60.2 Å². The maximum atomic E-state index is 11.8. The van der Waals surface area contributed by atoms with E-state index in [1.165, 1.54) is 4.57 Å². The fourth-order valence-electron chi connectivity index (χ4n) is 2.60. The molecular formula is C10H15N4O14P3. The minimum atomic E-state index is -5.68. The molecule has 1 aliphatic heterocycles. The number of rotatable bonds is 8. The average molecular weight is 508 g/mol. The first-order valence-corrected chi connectivity index (χ1v) is 12.4. The molecule has 0 radical (unpaired) electrons.